The van der Waals surface area contributed by atoms with E-state index in [1.54, 1.807) is 42.2 Å². The second-order valence-electron chi connectivity index (χ2n) is 7.24. The van der Waals surface area contributed by atoms with Gasteiger partial charge in [0.15, 0.2) is 0 Å². The molecule has 31 heavy (non-hydrogen) atoms. The maximum Gasteiger partial charge on any atom is 0.278 e. The number of carbonyl (C=O) groups excluding carboxylic acids is 1. The van der Waals surface area contributed by atoms with Crippen molar-refractivity contribution >= 4 is 5.91 Å². The lowest BCUT2D eigenvalue weighted by Gasteiger charge is -2.32. The van der Waals surface area contributed by atoms with Crippen LogP contribution in [0.2, 0.25) is 0 Å². The van der Waals surface area contributed by atoms with E-state index in [1.807, 2.05) is 24.3 Å². The third kappa shape index (κ3) is 4.30. The van der Waals surface area contributed by atoms with E-state index < -0.39 is 0 Å². The summed E-state index contributed by atoms with van der Waals surface area (Å²) in [6, 6.07) is 9.42. The van der Waals surface area contributed by atoms with Gasteiger partial charge >= 0.3 is 0 Å². The molecule has 4 rings (SSSR count). The first-order valence-electron chi connectivity index (χ1n) is 10.1. The molecule has 3 heterocycles. The summed E-state index contributed by atoms with van der Waals surface area (Å²) in [7, 11) is 4.91. The van der Waals surface area contributed by atoms with E-state index in [-0.39, 0.29) is 12.0 Å². The second kappa shape index (κ2) is 9.03. The molecular formula is C22H25N5O4. The van der Waals surface area contributed by atoms with Crippen LogP contribution in [0, 0.1) is 0 Å². The van der Waals surface area contributed by atoms with E-state index >= 15 is 0 Å². The minimum Gasteiger partial charge on any atom is -0.496 e. The standard InChI is InChI=1S/C22H25N5O4/c1-26-18(13-17(25-26)16-8-4-5-9-19(16)29-2)22(28)27-12-6-7-15(14-27)31-21-20(30-3)23-10-11-24-21/h4-5,8-11,13,15H,6-7,12,14H2,1-3H3. The lowest BCUT2D eigenvalue weighted by molar-refractivity contribution is 0.0510. The zero-order valence-electron chi connectivity index (χ0n) is 17.8. The number of methoxy groups -OCH3 is 2. The maximum absolute atomic E-state index is 13.3. The highest BCUT2D eigenvalue weighted by Crippen LogP contribution is 2.30. The number of likely N-dealkylation sites (tertiary alicyclic amines) is 1. The Hall–Kier alpha value is -3.62. The zero-order valence-corrected chi connectivity index (χ0v) is 17.8. The fraction of sp³-hybridized carbons (Fsp3) is 0.364. The third-order valence-corrected chi connectivity index (χ3v) is 5.25. The summed E-state index contributed by atoms with van der Waals surface area (Å²) >= 11 is 0. The summed E-state index contributed by atoms with van der Waals surface area (Å²) in [5, 5.41) is 4.54. The molecule has 1 aliphatic heterocycles. The Labute approximate surface area is 180 Å². The smallest absolute Gasteiger partial charge is 0.278 e. The molecule has 1 aliphatic rings. The van der Waals surface area contributed by atoms with E-state index in [0.717, 1.165) is 18.4 Å². The van der Waals surface area contributed by atoms with Gasteiger partial charge in [0.25, 0.3) is 17.7 Å². The Kier molecular flexibility index (Phi) is 6.01. The lowest BCUT2D eigenvalue weighted by Crippen LogP contribution is -2.45. The van der Waals surface area contributed by atoms with Crippen molar-refractivity contribution in [1.29, 1.82) is 0 Å². The Morgan fingerprint density at radius 1 is 1.10 bits per heavy atom. The number of hydrogen-bond donors (Lipinski definition) is 0. The number of ether oxygens (including phenoxy) is 3. The highest BCUT2D eigenvalue weighted by atomic mass is 16.5. The van der Waals surface area contributed by atoms with Crippen molar-refractivity contribution in [2.45, 2.75) is 18.9 Å². The molecule has 0 N–H and O–H groups in total. The predicted molar refractivity (Wildman–Crippen MR) is 113 cm³/mol. The number of aromatic nitrogens is 4. The van der Waals surface area contributed by atoms with E-state index in [1.165, 1.54) is 7.11 Å². The Balaban J connectivity index is 1.51. The molecule has 1 atom stereocenters. The molecule has 1 amide bonds. The highest BCUT2D eigenvalue weighted by molar-refractivity contribution is 5.94. The molecule has 0 aliphatic carbocycles. The number of aryl methyl sites for hydroxylation is 1. The predicted octanol–water partition coefficient (Wildman–Crippen LogP) is 2.58. The Morgan fingerprint density at radius 3 is 2.65 bits per heavy atom. The molecule has 9 heteroatoms. The number of benzene rings is 1. The highest BCUT2D eigenvalue weighted by Gasteiger charge is 2.29. The molecule has 9 nitrogen and oxygen atoms in total. The van der Waals surface area contributed by atoms with E-state index in [4.69, 9.17) is 14.2 Å². The van der Waals surface area contributed by atoms with Gasteiger partial charge in [0.2, 0.25) is 0 Å². The van der Waals surface area contributed by atoms with Crippen LogP contribution >= 0.6 is 0 Å². The van der Waals surface area contributed by atoms with Crippen LogP contribution in [0.4, 0.5) is 0 Å². The minimum absolute atomic E-state index is 0.0874. The molecule has 0 radical (unpaired) electrons. The summed E-state index contributed by atoms with van der Waals surface area (Å²) in [4.78, 5) is 23.4. The van der Waals surface area contributed by atoms with E-state index in [9.17, 15) is 4.79 Å². The molecular weight excluding hydrogens is 398 g/mol. The number of para-hydroxylation sites is 1. The van der Waals surface area contributed by atoms with Crippen molar-refractivity contribution in [3.63, 3.8) is 0 Å². The molecule has 3 aromatic rings. The molecule has 0 spiro atoms. The van der Waals surface area contributed by atoms with Gasteiger partial charge in [-0.05, 0) is 31.0 Å². The van der Waals surface area contributed by atoms with Gasteiger partial charge in [-0.25, -0.2) is 9.97 Å². The van der Waals surface area contributed by atoms with Crippen LogP contribution < -0.4 is 14.2 Å². The molecule has 1 aromatic carbocycles. The van der Waals surface area contributed by atoms with Gasteiger partial charge in [-0.15, -0.1) is 0 Å². The van der Waals surface area contributed by atoms with Crippen LogP contribution in [0.3, 0.4) is 0 Å². The monoisotopic (exact) mass is 423 g/mol. The first kappa shape index (κ1) is 20.6. The van der Waals surface area contributed by atoms with Gasteiger partial charge in [0.1, 0.15) is 17.5 Å². The van der Waals surface area contributed by atoms with E-state index in [2.05, 4.69) is 15.1 Å². The largest absolute Gasteiger partial charge is 0.496 e. The van der Waals surface area contributed by atoms with Gasteiger partial charge in [0.05, 0.1) is 26.5 Å². The molecule has 0 saturated carbocycles. The number of amides is 1. The first-order valence-corrected chi connectivity index (χ1v) is 10.1. The number of hydrogen-bond acceptors (Lipinski definition) is 7. The number of carbonyl (C=O) groups is 1. The van der Waals surface area contributed by atoms with Gasteiger partial charge < -0.3 is 19.1 Å². The van der Waals surface area contributed by atoms with Gasteiger partial charge in [-0.2, -0.15) is 5.10 Å². The van der Waals surface area contributed by atoms with Crippen LogP contribution in [-0.2, 0) is 7.05 Å². The van der Waals surface area contributed by atoms with Crippen LogP contribution in [0.5, 0.6) is 17.5 Å². The summed E-state index contributed by atoms with van der Waals surface area (Å²) in [6.07, 6.45) is 4.56. The van der Waals surface area contributed by atoms with Gasteiger partial charge in [-0.1, -0.05) is 12.1 Å². The average Bonchev–Trinajstić information content (AvgIpc) is 3.20. The third-order valence-electron chi connectivity index (χ3n) is 5.25. The van der Waals surface area contributed by atoms with Crippen molar-refractivity contribution in [2.75, 3.05) is 27.3 Å². The van der Waals surface area contributed by atoms with Crippen molar-refractivity contribution in [3.8, 4) is 28.8 Å². The molecule has 1 unspecified atom stereocenters. The second-order valence-corrected chi connectivity index (χ2v) is 7.24. The SMILES string of the molecule is COc1ccccc1-c1cc(C(=O)N2CCCC(Oc3nccnc3OC)C2)n(C)n1. The summed E-state index contributed by atoms with van der Waals surface area (Å²) < 4.78 is 18.3. The van der Waals surface area contributed by atoms with Gasteiger partial charge in [0, 0.05) is 31.5 Å². The quantitative estimate of drug-likeness (QED) is 0.602. The Morgan fingerprint density at radius 2 is 1.87 bits per heavy atom. The Bertz CT molecular complexity index is 1070. The van der Waals surface area contributed by atoms with E-state index in [0.29, 0.717) is 42.0 Å². The average molecular weight is 423 g/mol. The fourth-order valence-electron chi connectivity index (χ4n) is 3.73. The fourth-order valence-corrected chi connectivity index (χ4v) is 3.73. The zero-order chi connectivity index (χ0) is 21.8. The lowest BCUT2D eigenvalue weighted by atomic mass is 10.1. The normalized spacial score (nSPS) is 16.1. The van der Waals surface area contributed by atoms with Crippen molar-refractivity contribution in [1.82, 2.24) is 24.6 Å². The van der Waals surface area contributed by atoms with Crippen molar-refractivity contribution in [2.24, 2.45) is 7.05 Å². The van der Waals surface area contributed by atoms with Crippen molar-refractivity contribution < 1.29 is 19.0 Å². The molecule has 2 aromatic heterocycles. The van der Waals surface area contributed by atoms with Crippen LogP contribution in [-0.4, -0.2) is 64.0 Å². The van der Waals surface area contributed by atoms with Crippen LogP contribution in [0.25, 0.3) is 11.3 Å². The summed E-state index contributed by atoms with van der Waals surface area (Å²) in [5.41, 5.74) is 2.05. The summed E-state index contributed by atoms with van der Waals surface area (Å²) in [6.45, 7) is 1.11. The van der Waals surface area contributed by atoms with Crippen LogP contribution in [0.1, 0.15) is 23.3 Å². The minimum atomic E-state index is -0.190. The van der Waals surface area contributed by atoms with Gasteiger partial charge in [-0.3, -0.25) is 9.48 Å². The first-order chi connectivity index (χ1) is 15.1. The number of piperidine rings is 1. The van der Waals surface area contributed by atoms with Crippen LogP contribution in [0.15, 0.2) is 42.7 Å². The molecule has 0 bridgehead atoms. The topological polar surface area (TPSA) is 91.6 Å². The molecule has 162 valence electrons. The number of rotatable bonds is 6. The maximum atomic E-state index is 13.3. The number of nitrogens with zero attached hydrogens (tertiary/aromatic N) is 5. The molecule has 1 saturated heterocycles. The summed E-state index contributed by atoms with van der Waals surface area (Å²) in [5.74, 6) is 1.29. The molecule has 1 fully saturated rings. The van der Waals surface area contributed by atoms with Crippen molar-refractivity contribution in [3.05, 3.63) is 48.4 Å².